The van der Waals surface area contributed by atoms with Crippen molar-refractivity contribution in [2.75, 3.05) is 17.1 Å². The lowest BCUT2D eigenvalue weighted by atomic mass is 10.2. The molecule has 0 unspecified atom stereocenters. The number of nitro groups is 1. The van der Waals surface area contributed by atoms with E-state index in [2.05, 4.69) is 10.5 Å². The summed E-state index contributed by atoms with van der Waals surface area (Å²) in [5.74, 6) is -1.46. The normalized spacial score (nSPS) is 11.4. The van der Waals surface area contributed by atoms with Crippen molar-refractivity contribution < 1.29 is 22.5 Å². The predicted molar refractivity (Wildman–Crippen MR) is 102 cm³/mol. The first-order chi connectivity index (χ1) is 13.1. The minimum atomic E-state index is -3.86. The molecule has 0 aliphatic heterocycles. The first-order valence-corrected chi connectivity index (χ1v) is 9.79. The number of amides is 1. The van der Waals surface area contributed by atoms with Crippen LogP contribution in [0.25, 0.3) is 0 Å². The fourth-order valence-corrected chi connectivity index (χ4v) is 3.16. The van der Waals surface area contributed by atoms with Crippen LogP contribution in [-0.2, 0) is 14.8 Å². The van der Waals surface area contributed by atoms with E-state index in [0.29, 0.717) is 9.87 Å². The summed E-state index contributed by atoms with van der Waals surface area (Å²) in [5, 5.41) is 14.4. The number of nitrogens with zero attached hydrogens (tertiary/aromatic N) is 3. The Bertz CT molecular complexity index is 1050. The third-order valence-corrected chi connectivity index (χ3v) is 4.81. The van der Waals surface area contributed by atoms with Crippen molar-refractivity contribution in [2.45, 2.75) is 0 Å². The van der Waals surface area contributed by atoms with E-state index >= 15 is 0 Å². The molecule has 1 N–H and O–H groups in total. The van der Waals surface area contributed by atoms with E-state index in [1.807, 2.05) is 0 Å². The Morgan fingerprint density at radius 2 is 2.07 bits per heavy atom. The van der Waals surface area contributed by atoms with Gasteiger partial charge in [-0.1, -0.05) is 23.7 Å². The van der Waals surface area contributed by atoms with Crippen molar-refractivity contribution in [1.29, 1.82) is 0 Å². The van der Waals surface area contributed by atoms with Crippen LogP contribution in [0.3, 0.4) is 0 Å². The maximum atomic E-state index is 13.4. The quantitative estimate of drug-likeness (QED) is 0.412. The predicted octanol–water partition coefficient (Wildman–Crippen LogP) is 2.30. The van der Waals surface area contributed by atoms with Crippen molar-refractivity contribution in [3.05, 3.63) is 69.0 Å². The van der Waals surface area contributed by atoms with E-state index in [1.165, 1.54) is 24.3 Å². The first kappa shape index (κ1) is 21.3. The van der Waals surface area contributed by atoms with E-state index in [1.54, 1.807) is 0 Å². The summed E-state index contributed by atoms with van der Waals surface area (Å²) in [5.41, 5.74) is 2.06. The van der Waals surface area contributed by atoms with Crippen molar-refractivity contribution in [1.82, 2.24) is 5.43 Å². The lowest BCUT2D eigenvalue weighted by Crippen LogP contribution is -2.39. The summed E-state index contributed by atoms with van der Waals surface area (Å²) < 4.78 is 37.9. The summed E-state index contributed by atoms with van der Waals surface area (Å²) in [4.78, 5) is 22.2. The second-order valence-electron chi connectivity index (χ2n) is 5.51. The molecule has 0 aliphatic carbocycles. The summed E-state index contributed by atoms with van der Waals surface area (Å²) in [6.07, 6.45) is 2.01. The number of hydrogen-bond donors (Lipinski definition) is 1. The second-order valence-corrected chi connectivity index (χ2v) is 7.82. The van der Waals surface area contributed by atoms with Crippen molar-refractivity contribution in [2.24, 2.45) is 5.10 Å². The van der Waals surface area contributed by atoms with Gasteiger partial charge in [0.25, 0.3) is 11.6 Å². The Kier molecular flexibility index (Phi) is 6.65. The lowest BCUT2D eigenvalue weighted by Gasteiger charge is -2.21. The molecule has 0 bridgehead atoms. The minimum Gasteiger partial charge on any atom is -0.271 e. The van der Waals surface area contributed by atoms with Crippen LogP contribution in [-0.4, -0.2) is 38.3 Å². The zero-order chi connectivity index (χ0) is 20.9. The summed E-state index contributed by atoms with van der Waals surface area (Å²) in [6, 6.07) is 8.68. The Hall–Kier alpha value is -3.05. The molecule has 2 aromatic rings. The standard InChI is InChI=1S/C16H14ClFN4O5S/c1-28(26,27)21(13-4-2-3-12(18)8-13)10-16(23)20-19-9-11-5-6-14(17)15(7-11)22(24)25/h2-9H,10H2,1H3,(H,20,23)/b19-9-. The number of rotatable bonds is 7. The molecule has 0 saturated heterocycles. The van der Waals surface area contributed by atoms with E-state index in [0.717, 1.165) is 30.7 Å². The number of halogens is 2. The molecule has 28 heavy (non-hydrogen) atoms. The smallest absolute Gasteiger partial charge is 0.271 e. The van der Waals surface area contributed by atoms with Crippen LogP contribution < -0.4 is 9.73 Å². The molecule has 2 aromatic carbocycles. The summed E-state index contributed by atoms with van der Waals surface area (Å²) in [7, 11) is -3.86. The van der Waals surface area contributed by atoms with Crippen LogP contribution in [0.1, 0.15) is 5.56 Å². The maximum Gasteiger partial charge on any atom is 0.288 e. The molecule has 0 radical (unpaired) electrons. The summed E-state index contributed by atoms with van der Waals surface area (Å²) in [6.45, 7) is -0.638. The second kappa shape index (κ2) is 8.76. The molecule has 0 aromatic heterocycles. The van der Waals surface area contributed by atoms with Crippen molar-refractivity contribution in [3.8, 4) is 0 Å². The third-order valence-electron chi connectivity index (χ3n) is 3.35. The average Bonchev–Trinajstić information content (AvgIpc) is 2.60. The van der Waals surface area contributed by atoms with Crippen LogP contribution in [0.2, 0.25) is 5.02 Å². The third kappa shape index (κ3) is 5.72. The van der Waals surface area contributed by atoms with Gasteiger partial charge in [-0.3, -0.25) is 19.2 Å². The van der Waals surface area contributed by atoms with Gasteiger partial charge in [0.15, 0.2) is 0 Å². The van der Waals surface area contributed by atoms with Crippen LogP contribution in [0.15, 0.2) is 47.6 Å². The van der Waals surface area contributed by atoms with Gasteiger partial charge in [0, 0.05) is 11.6 Å². The zero-order valence-electron chi connectivity index (χ0n) is 14.4. The minimum absolute atomic E-state index is 0.0186. The molecule has 0 heterocycles. The van der Waals surface area contributed by atoms with Crippen molar-refractivity contribution >= 4 is 45.1 Å². The summed E-state index contributed by atoms with van der Waals surface area (Å²) >= 11 is 5.70. The fraction of sp³-hybridized carbons (Fsp3) is 0.125. The van der Waals surface area contributed by atoms with Crippen LogP contribution in [0.5, 0.6) is 0 Å². The number of nitrogens with one attached hydrogen (secondary N) is 1. The largest absolute Gasteiger partial charge is 0.288 e. The highest BCUT2D eigenvalue weighted by Gasteiger charge is 2.21. The van der Waals surface area contributed by atoms with E-state index < -0.39 is 33.2 Å². The zero-order valence-corrected chi connectivity index (χ0v) is 15.9. The van der Waals surface area contributed by atoms with Gasteiger partial charge in [-0.25, -0.2) is 18.2 Å². The number of anilines is 1. The molecule has 0 spiro atoms. The van der Waals surface area contributed by atoms with Crippen LogP contribution >= 0.6 is 11.6 Å². The van der Waals surface area contributed by atoms with Gasteiger partial charge in [-0.05, 0) is 24.3 Å². The highest BCUT2D eigenvalue weighted by molar-refractivity contribution is 7.92. The van der Waals surface area contributed by atoms with Crippen LogP contribution in [0, 0.1) is 15.9 Å². The number of nitro benzene ring substituents is 1. The number of hydrogen-bond acceptors (Lipinski definition) is 6. The Labute approximate surface area is 164 Å². The highest BCUT2D eigenvalue weighted by atomic mass is 35.5. The molecule has 9 nitrogen and oxygen atoms in total. The van der Waals surface area contributed by atoms with Gasteiger partial charge in [0.05, 0.1) is 23.1 Å². The van der Waals surface area contributed by atoms with E-state index in [-0.39, 0.29) is 16.4 Å². The monoisotopic (exact) mass is 428 g/mol. The first-order valence-electron chi connectivity index (χ1n) is 7.57. The SMILES string of the molecule is CS(=O)(=O)N(CC(=O)N/N=C\c1ccc(Cl)c([N+](=O)[O-])c1)c1cccc(F)c1. The fourth-order valence-electron chi connectivity index (χ4n) is 2.13. The number of carbonyl (C=O) groups excluding carboxylic acids is 1. The maximum absolute atomic E-state index is 13.4. The molecular formula is C16H14ClFN4O5S. The number of carbonyl (C=O) groups is 1. The van der Waals surface area contributed by atoms with Gasteiger partial charge in [-0.15, -0.1) is 0 Å². The number of benzene rings is 2. The molecule has 148 valence electrons. The van der Waals surface area contributed by atoms with Gasteiger partial charge < -0.3 is 0 Å². The van der Waals surface area contributed by atoms with Gasteiger partial charge in [0.1, 0.15) is 17.4 Å². The average molecular weight is 429 g/mol. The molecule has 0 fully saturated rings. The molecule has 12 heteroatoms. The Balaban J connectivity index is 2.10. The van der Waals surface area contributed by atoms with Gasteiger partial charge in [-0.2, -0.15) is 5.10 Å². The van der Waals surface area contributed by atoms with Gasteiger partial charge >= 0.3 is 0 Å². The highest BCUT2D eigenvalue weighted by Crippen LogP contribution is 2.24. The lowest BCUT2D eigenvalue weighted by molar-refractivity contribution is -0.384. The topological polar surface area (TPSA) is 122 Å². The van der Waals surface area contributed by atoms with Crippen LogP contribution in [0.4, 0.5) is 15.8 Å². The molecular weight excluding hydrogens is 415 g/mol. The van der Waals surface area contributed by atoms with Crippen molar-refractivity contribution in [3.63, 3.8) is 0 Å². The Morgan fingerprint density at radius 1 is 1.36 bits per heavy atom. The van der Waals surface area contributed by atoms with E-state index in [9.17, 15) is 27.7 Å². The molecule has 2 rings (SSSR count). The molecule has 0 aliphatic rings. The number of hydrazone groups is 1. The molecule has 0 saturated carbocycles. The van der Waals surface area contributed by atoms with Gasteiger partial charge in [0.2, 0.25) is 10.0 Å². The molecule has 1 amide bonds. The Morgan fingerprint density at radius 3 is 2.68 bits per heavy atom. The van der Waals surface area contributed by atoms with E-state index in [4.69, 9.17) is 11.6 Å². The number of sulfonamides is 1. The molecule has 0 atom stereocenters.